The smallest absolute Gasteiger partial charge is 0.370 e. The van der Waals surface area contributed by atoms with Gasteiger partial charge in [0.2, 0.25) is 0 Å². The van der Waals surface area contributed by atoms with Gasteiger partial charge in [-0.1, -0.05) is 12.1 Å². The fourth-order valence-corrected chi connectivity index (χ4v) is 5.42. The van der Waals surface area contributed by atoms with Crippen LogP contribution in [-0.4, -0.2) is 64.1 Å². The number of halogens is 4. The molecule has 1 aromatic carbocycles. The van der Waals surface area contributed by atoms with Gasteiger partial charge in [0.1, 0.15) is 6.10 Å². The average Bonchev–Trinajstić information content (AvgIpc) is 3.01. The Bertz CT molecular complexity index is 833. The molecule has 2 fully saturated rings. The van der Waals surface area contributed by atoms with Crippen molar-refractivity contribution in [2.45, 2.75) is 18.7 Å². The summed E-state index contributed by atoms with van der Waals surface area (Å²) in [7, 11) is -1.31. The summed E-state index contributed by atoms with van der Waals surface area (Å²) in [6.07, 6.45) is -4.27. The van der Waals surface area contributed by atoms with E-state index in [-0.39, 0.29) is 41.4 Å². The van der Waals surface area contributed by atoms with Crippen molar-refractivity contribution in [2.75, 3.05) is 44.8 Å². The van der Waals surface area contributed by atoms with Crippen LogP contribution in [0.15, 0.2) is 29.3 Å². The van der Waals surface area contributed by atoms with Gasteiger partial charge in [0.25, 0.3) is 0 Å². The van der Waals surface area contributed by atoms with Crippen molar-refractivity contribution >= 4 is 39.8 Å². The fourth-order valence-electron chi connectivity index (χ4n) is 3.56. The molecule has 0 spiro atoms. The molecule has 2 atom stereocenters. The monoisotopic (exact) mass is 547 g/mol. The minimum Gasteiger partial charge on any atom is -0.370 e. The summed E-state index contributed by atoms with van der Waals surface area (Å²) in [5.41, 5.74) is -0.229. The molecule has 6 nitrogen and oxygen atoms in total. The van der Waals surface area contributed by atoms with Gasteiger partial charge in [-0.3, -0.25) is 4.99 Å². The molecule has 3 rings (SSSR count). The number of rotatable bonds is 3. The molecule has 11 heteroatoms. The molecule has 0 saturated carbocycles. The molecule has 0 aromatic heterocycles. The quantitative estimate of drug-likeness (QED) is 0.358. The van der Waals surface area contributed by atoms with Crippen molar-refractivity contribution < 1.29 is 26.3 Å². The number of hydrogen-bond acceptors (Lipinski definition) is 4. The lowest BCUT2D eigenvalue weighted by atomic mass is 10.0. The lowest BCUT2D eigenvalue weighted by molar-refractivity contribution is -0.137. The number of benzene rings is 1. The molecule has 2 heterocycles. The molecule has 0 amide bonds. The highest BCUT2D eigenvalue weighted by molar-refractivity contribution is 14.0. The zero-order valence-corrected chi connectivity index (χ0v) is 19.1. The van der Waals surface area contributed by atoms with Crippen LogP contribution in [-0.2, 0) is 20.8 Å². The molecule has 2 unspecified atom stereocenters. The summed E-state index contributed by atoms with van der Waals surface area (Å²) in [4.78, 5) is 6.17. The van der Waals surface area contributed by atoms with E-state index in [0.29, 0.717) is 44.2 Å². The Labute approximate surface area is 185 Å². The lowest BCUT2D eigenvalue weighted by Crippen LogP contribution is -2.49. The number of ether oxygens (including phenoxy) is 1. The van der Waals surface area contributed by atoms with E-state index < -0.39 is 27.7 Å². The Morgan fingerprint density at radius 1 is 1.38 bits per heavy atom. The van der Waals surface area contributed by atoms with E-state index in [9.17, 15) is 21.6 Å². The number of hydrogen-bond donors (Lipinski definition) is 1. The molecule has 2 saturated heterocycles. The SMILES string of the molecule is CN=C(NCC1CCS(=O)(=O)C1)N1CCOC(c2cccc(C(F)(F)F)c2)C1.I. The van der Waals surface area contributed by atoms with Crippen molar-refractivity contribution in [1.82, 2.24) is 10.2 Å². The topological polar surface area (TPSA) is 71.0 Å². The van der Waals surface area contributed by atoms with Gasteiger partial charge in [-0.15, -0.1) is 24.0 Å². The second-order valence-electron chi connectivity index (χ2n) is 7.13. The van der Waals surface area contributed by atoms with E-state index in [1.54, 1.807) is 13.1 Å². The molecular weight excluding hydrogens is 522 g/mol. The van der Waals surface area contributed by atoms with Crippen LogP contribution in [0.5, 0.6) is 0 Å². The first kappa shape index (κ1) is 24.2. The Morgan fingerprint density at radius 3 is 2.76 bits per heavy atom. The van der Waals surface area contributed by atoms with Gasteiger partial charge in [-0.2, -0.15) is 13.2 Å². The van der Waals surface area contributed by atoms with Crippen LogP contribution >= 0.6 is 24.0 Å². The van der Waals surface area contributed by atoms with E-state index in [0.717, 1.165) is 12.1 Å². The summed E-state index contributed by atoms with van der Waals surface area (Å²) in [6.45, 7) is 1.78. The van der Waals surface area contributed by atoms with Crippen LogP contribution in [0.1, 0.15) is 23.7 Å². The van der Waals surface area contributed by atoms with Gasteiger partial charge in [-0.05, 0) is 30.0 Å². The molecule has 29 heavy (non-hydrogen) atoms. The number of nitrogens with one attached hydrogen (secondary N) is 1. The molecule has 1 N–H and O–H groups in total. The predicted octanol–water partition coefficient (Wildman–Crippen LogP) is 2.71. The standard InChI is InChI=1S/C18H24F3N3O3S.HI/c1-22-17(23-10-13-5-8-28(25,26)12-13)24-6-7-27-16(11-24)14-3-2-4-15(9-14)18(19,20)21;/h2-4,9,13,16H,5-8,10-12H2,1H3,(H,22,23);1H. The second kappa shape index (κ2) is 9.82. The Kier molecular flexibility index (Phi) is 8.19. The average molecular weight is 547 g/mol. The summed E-state index contributed by atoms with van der Waals surface area (Å²) in [5, 5.41) is 3.20. The number of guanidine groups is 1. The minimum absolute atomic E-state index is 0. The van der Waals surface area contributed by atoms with Crippen LogP contribution < -0.4 is 5.32 Å². The van der Waals surface area contributed by atoms with Gasteiger partial charge < -0.3 is 15.0 Å². The molecule has 1 aromatic rings. The van der Waals surface area contributed by atoms with Crippen LogP contribution in [0, 0.1) is 5.92 Å². The minimum atomic E-state index is -4.40. The van der Waals surface area contributed by atoms with Gasteiger partial charge in [-0.25, -0.2) is 8.42 Å². The Hall–Kier alpha value is -1.08. The zero-order valence-electron chi connectivity index (χ0n) is 16.0. The lowest BCUT2D eigenvalue weighted by Gasteiger charge is -2.35. The largest absolute Gasteiger partial charge is 0.416 e. The van der Waals surface area contributed by atoms with Crippen LogP contribution in [0.25, 0.3) is 0 Å². The maximum Gasteiger partial charge on any atom is 0.416 e. The van der Waals surface area contributed by atoms with E-state index in [1.807, 2.05) is 4.90 Å². The maximum absolute atomic E-state index is 13.0. The van der Waals surface area contributed by atoms with Crippen LogP contribution in [0.2, 0.25) is 0 Å². The molecule has 2 aliphatic heterocycles. The summed E-state index contributed by atoms with van der Waals surface area (Å²) in [5.74, 6) is 1.03. The number of aliphatic imine (C=N–C) groups is 1. The summed E-state index contributed by atoms with van der Waals surface area (Å²) < 4.78 is 67.8. The van der Waals surface area contributed by atoms with Crippen molar-refractivity contribution in [3.8, 4) is 0 Å². The molecular formula is C18H25F3IN3O3S. The third kappa shape index (κ3) is 6.45. The highest BCUT2D eigenvalue weighted by atomic mass is 127. The molecule has 2 aliphatic rings. The molecule has 0 aliphatic carbocycles. The number of nitrogens with zero attached hydrogens (tertiary/aromatic N) is 2. The molecule has 0 bridgehead atoms. The van der Waals surface area contributed by atoms with Gasteiger partial charge in [0.05, 0.1) is 30.2 Å². The normalized spacial score (nSPS) is 24.8. The van der Waals surface area contributed by atoms with E-state index >= 15 is 0 Å². The van der Waals surface area contributed by atoms with Crippen molar-refractivity contribution in [3.05, 3.63) is 35.4 Å². The Balaban J connectivity index is 0.00000300. The Morgan fingerprint density at radius 2 is 2.14 bits per heavy atom. The van der Waals surface area contributed by atoms with Crippen LogP contribution in [0.3, 0.4) is 0 Å². The summed E-state index contributed by atoms with van der Waals surface area (Å²) in [6, 6.07) is 5.17. The number of alkyl halides is 3. The van der Waals surface area contributed by atoms with E-state index in [2.05, 4.69) is 10.3 Å². The first-order chi connectivity index (χ1) is 13.2. The third-order valence-electron chi connectivity index (χ3n) is 5.04. The predicted molar refractivity (Wildman–Crippen MR) is 115 cm³/mol. The molecule has 0 radical (unpaired) electrons. The van der Waals surface area contributed by atoms with E-state index in [1.165, 1.54) is 6.07 Å². The highest BCUT2D eigenvalue weighted by Gasteiger charge is 2.32. The van der Waals surface area contributed by atoms with E-state index in [4.69, 9.17) is 4.74 Å². The van der Waals surface area contributed by atoms with Gasteiger partial charge in [0.15, 0.2) is 15.8 Å². The van der Waals surface area contributed by atoms with Crippen molar-refractivity contribution in [3.63, 3.8) is 0 Å². The number of morpholine rings is 1. The molecule has 164 valence electrons. The summed E-state index contributed by atoms with van der Waals surface area (Å²) >= 11 is 0. The highest BCUT2D eigenvalue weighted by Crippen LogP contribution is 2.32. The third-order valence-corrected chi connectivity index (χ3v) is 6.88. The second-order valence-corrected chi connectivity index (χ2v) is 9.35. The van der Waals surface area contributed by atoms with Crippen molar-refractivity contribution in [1.29, 1.82) is 0 Å². The van der Waals surface area contributed by atoms with Crippen molar-refractivity contribution in [2.24, 2.45) is 10.9 Å². The zero-order chi connectivity index (χ0) is 20.4. The van der Waals surface area contributed by atoms with Crippen LogP contribution in [0.4, 0.5) is 13.2 Å². The first-order valence-corrected chi connectivity index (χ1v) is 10.9. The number of sulfone groups is 1. The fraction of sp³-hybridized carbons (Fsp3) is 0.611. The van der Waals surface area contributed by atoms with Gasteiger partial charge in [0, 0.05) is 20.1 Å². The first-order valence-electron chi connectivity index (χ1n) is 9.13. The van der Waals surface area contributed by atoms with Gasteiger partial charge >= 0.3 is 6.18 Å². The maximum atomic E-state index is 13.0.